The molecule has 7 heteroatoms. The van der Waals surface area contributed by atoms with E-state index in [9.17, 15) is 14.4 Å². The van der Waals surface area contributed by atoms with Crippen molar-refractivity contribution in [1.29, 1.82) is 0 Å². The number of cyclic esters (lactones) is 2. The SMILES string of the molecule is CN1CC2(C(=O)OC(C)(C)OC2=O)C(C)(C)C12C(=O)Nc1ccccc12. The Morgan fingerprint density at radius 3 is 2.19 bits per heavy atom. The van der Waals surface area contributed by atoms with Gasteiger partial charge in [-0.15, -0.1) is 0 Å². The molecule has 0 radical (unpaired) electrons. The lowest BCUT2D eigenvalue weighted by atomic mass is 9.57. The normalized spacial score (nSPS) is 30.9. The van der Waals surface area contributed by atoms with E-state index in [2.05, 4.69) is 5.32 Å². The third-order valence-electron chi connectivity index (χ3n) is 6.29. The van der Waals surface area contributed by atoms with Crippen molar-refractivity contribution in [3.8, 4) is 0 Å². The fourth-order valence-corrected chi connectivity index (χ4v) is 5.06. The summed E-state index contributed by atoms with van der Waals surface area (Å²) in [4.78, 5) is 41.1. The zero-order chi connectivity index (χ0) is 19.1. The maximum absolute atomic E-state index is 13.2. The van der Waals surface area contributed by atoms with Gasteiger partial charge in [-0.2, -0.15) is 0 Å². The van der Waals surface area contributed by atoms with Crippen molar-refractivity contribution in [1.82, 2.24) is 4.90 Å². The fourth-order valence-electron chi connectivity index (χ4n) is 5.06. The third-order valence-corrected chi connectivity index (χ3v) is 6.29. The number of carbonyl (C=O) groups excluding carboxylic acids is 3. The molecule has 2 fully saturated rings. The zero-order valence-corrected chi connectivity index (χ0v) is 15.5. The first kappa shape index (κ1) is 17.0. The molecule has 2 saturated heterocycles. The Morgan fingerprint density at radius 1 is 1.00 bits per heavy atom. The van der Waals surface area contributed by atoms with Gasteiger partial charge >= 0.3 is 11.9 Å². The lowest BCUT2D eigenvalue weighted by molar-refractivity contribution is -0.257. The van der Waals surface area contributed by atoms with Gasteiger partial charge in [-0.05, 0) is 13.1 Å². The molecular formula is C19H22N2O5. The molecule has 4 rings (SSSR count). The Labute approximate surface area is 151 Å². The molecule has 1 aromatic carbocycles. The second kappa shape index (κ2) is 4.65. The third kappa shape index (κ3) is 1.60. The number of para-hydroxylation sites is 1. The smallest absolute Gasteiger partial charge is 0.328 e. The van der Waals surface area contributed by atoms with E-state index in [1.54, 1.807) is 25.8 Å². The minimum Gasteiger partial charge on any atom is -0.422 e. The Hall–Kier alpha value is -2.41. The molecule has 1 unspecified atom stereocenters. The Morgan fingerprint density at radius 2 is 1.58 bits per heavy atom. The van der Waals surface area contributed by atoms with Gasteiger partial charge in [0.1, 0.15) is 5.54 Å². The molecule has 0 saturated carbocycles. The van der Waals surface area contributed by atoms with Crippen LogP contribution in [0.2, 0.25) is 0 Å². The van der Waals surface area contributed by atoms with Crippen molar-refractivity contribution in [2.24, 2.45) is 10.8 Å². The monoisotopic (exact) mass is 358 g/mol. The van der Waals surface area contributed by atoms with Crippen molar-refractivity contribution in [3.63, 3.8) is 0 Å². The van der Waals surface area contributed by atoms with E-state index >= 15 is 0 Å². The number of likely N-dealkylation sites (tertiary alicyclic amines) is 1. The van der Waals surface area contributed by atoms with Crippen LogP contribution in [0, 0.1) is 10.8 Å². The van der Waals surface area contributed by atoms with Crippen molar-refractivity contribution < 1.29 is 23.9 Å². The van der Waals surface area contributed by atoms with Crippen molar-refractivity contribution in [2.75, 3.05) is 18.9 Å². The van der Waals surface area contributed by atoms with E-state index in [1.807, 2.05) is 24.3 Å². The summed E-state index contributed by atoms with van der Waals surface area (Å²) in [5.41, 5.74) is -2.43. The van der Waals surface area contributed by atoms with E-state index < -0.39 is 34.1 Å². The molecule has 7 nitrogen and oxygen atoms in total. The van der Waals surface area contributed by atoms with Crippen LogP contribution < -0.4 is 5.32 Å². The molecule has 1 N–H and O–H groups in total. The summed E-state index contributed by atoms with van der Waals surface area (Å²) in [5, 5.41) is 2.90. The predicted molar refractivity (Wildman–Crippen MR) is 91.9 cm³/mol. The van der Waals surface area contributed by atoms with Gasteiger partial charge in [0.25, 0.3) is 5.79 Å². The lowest BCUT2D eigenvalue weighted by Crippen LogP contribution is -2.63. The molecule has 3 aliphatic rings. The summed E-state index contributed by atoms with van der Waals surface area (Å²) in [5.74, 6) is -2.87. The molecule has 1 atom stereocenters. The Bertz CT molecular complexity index is 839. The van der Waals surface area contributed by atoms with E-state index in [0.717, 1.165) is 5.56 Å². The summed E-state index contributed by atoms with van der Waals surface area (Å²) in [6, 6.07) is 7.35. The largest absolute Gasteiger partial charge is 0.422 e. The van der Waals surface area contributed by atoms with Crippen LogP contribution in [0.15, 0.2) is 24.3 Å². The maximum Gasteiger partial charge on any atom is 0.328 e. The van der Waals surface area contributed by atoms with Crippen LogP contribution in [0.1, 0.15) is 33.3 Å². The van der Waals surface area contributed by atoms with Gasteiger partial charge in [-0.1, -0.05) is 32.0 Å². The molecular weight excluding hydrogens is 336 g/mol. The zero-order valence-electron chi connectivity index (χ0n) is 15.5. The number of hydrogen-bond donors (Lipinski definition) is 1. The highest BCUT2D eigenvalue weighted by Gasteiger charge is 2.79. The van der Waals surface area contributed by atoms with E-state index in [1.165, 1.54) is 13.8 Å². The van der Waals surface area contributed by atoms with Gasteiger partial charge in [-0.25, -0.2) is 0 Å². The summed E-state index contributed by atoms with van der Waals surface area (Å²) < 4.78 is 10.9. The van der Waals surface area contributed by atoms with Gasteiger partial charge in [0.2, 0.25) is 5.91 Å². The Kier molecular flexibility index (Phi) is 3.04. The highest BCUT2D eigenvalue weighted by atomic mass is 16.7. The number of amides is 1. The standard InChI is InChI=1S/C19H22N2O5/c1-16(2)18(14(23)25-17(3,4)26-15(18)24)10-21(5)19(16)11-8-6-7-9-12(11)20-13(19)22/h6-9H,10H2,1-5H3,(H,20,22). The van der Waals surface area contributed by atoms with Crippen LogP contribution in [0.4, 0.5) is 5.69 Å². The molecule has 2 spiro atoms. The average molecular weight is 358 g/mol. The first-order chi connectivity index (χ1) is 12.0. The van der Waals surface area contributed by atoms with Crippen molar-refractivity contribution in [3.05, 3.63) is 29.8 Å². The number of ether oxygens (including phenoxy) is 2. The number of anilines is 1. The van der Waals surface area contributed by atoms with Crippen LogP contribution >= 0.6 is 0 Å². The lowest BCUT2D eigenvalue weighted by Gasteiger charge is -2.47. The fraction of sp³-hybridized carbons (Fsp3) is 0.526. The van der Waals surface area contributed by atoms with Crippen LogP contribution in [-0.2, 0) is 29.4 Å². The molecule has 1 amide bonds. The number of hydrogen-bond acceptors (Lipinski definition) is 6. The van der Waals surface area contributed by atoms with Crippen molar-refractivity contribution >= 4 is 23.5 Å². The minimum atomic E-state index is -1.59. The summed E-state index contributed by atoms with van der Waals surface area (Å²) in [7, 11) is 1.75. The van der Waals surface area contributed by atoms with Gasteiger partial charge in [0.15, 0.2) is 5.41 Å². The average Bonchev–Trinajstić information content (AvgIpc) is 2.91. The van der Waals surface area contributed by atoms with Gasteiger partial charge < -0.3 is 14.8 Å². The number of rotatable bonds is 0. The van der Waals surface area contributed by atoms with Crippen LogP contribution in [0.3, 0.4) is 0 Å². The molecule has 3 heterocycles. The number of esters is 2. The quantitative estimate of drug-likeness (QED) is 0.560. The number of nitrogens with zero attached hydrogens (tertiary/aromatic N) is 1. The second-order valence-electron chi connectivity index (χ2n) is 8.28. The summed E-state index contributed by atoms with van der Waals surface area (Å²) >= 11 is 0. The summed E-state index contributed by atoms with van der Waals surface area (Å²) in [6.07, 6.45) is 0. The number of likely N-dealkylation sites (N-methyl/N-ethyl adjacent to an activating group) is 1. The molecule has 0 bridgehead atoms. The first-order valence-electron chi connectivity index (χ1n) is 8.60. The van der Waals surface area contributed by atoms with Crippen molar-refractivity contribution in [2.45, 2.75) is 39.0 Å². The number of nitrogens with one attached hydrogen (secondary N) is 1. The van der Waals surface area contributed by atoms with E-state index in [-0.39, 0.29) is 12.5 Å². The minimum absolute atomic E-state index is 0.0372. The van der Waals surface area contributed by atoms with Crippen LogP contribution in [-0.4, -0.2) is 42.1 Å². The molecule has 3 aliphatic heterocycles. The Balaban J connectivity index is 1.96. The first-order valence-corrected chi connectivity index (χ1v) is 8.60. The molecule has 26 heavy (non-hydrogen) atoms. The predicted octanol–water partition coefficient (Wildman–Crippen LogP) is 1.63. The molecule has 1 aromatic rings. The van der Waals surface area contributed by atoms with Crippen LogP contribution in [0.5, 0.6) is 0 Å². The van der Waals surface area contributed by atoms with Gasteiger partial charge in [0, 0.05) is 37.1 Å². The van der Waals surface area contributed by atoms with Gasteiger partial charge in [-0.3, -0.25) is 19.3 Å². The highest BCUT2D eigenvalue weighted by Crippen LogP contribution is 2.65. The summed E-state index contributed by atoms with van der Waals surface area (Å²) in [6.45, 7) is 6.61. The van der Waals surface area contributed by atoms with E-state index in [0.29, 0.717) is 5.69 Å². The van der Waals surface area contributed by atoms with E-state index in [4.69, 9.17) is 9.47 Å². The molecule has 0 aliphatic carbocycles. The second-order valence-corrected chi connectivity index (χ2v) is 8.28. The number of benzene rings is 1. The highest BCUT2D eigenvalue weighted by molar-refractivity contribution is 6.11. The van der Waals surface area contributed by atoms with Gasteiger partial charge in [0.05, 0.1) is 0 Å². The molecule has 0 aromatic heterocycles. The number of carbonyl (C=O) groups is 3. The maximum atomic E-state index is 13.2. The topological polar surface area (TPSA) is 84.9 Å². The van der Waals surface area contributed by atoms with Crippen LogP contribution in [0.25, 0.3) is 0 Å². The molecule has 138 valence electrons. The number of fused-ring (bicyclic) bond motifs is 2.